The van der Waals surface area contributed by atoms with Crippen molar-refractivity contribution in [1.29, 1.82) is 0 Å². The molecule has 1 heteroatoms. The molecule has 0 aromatic heterocycles. The SMILES string of the molecule is C=NC1=C2C3CC(C1)CC2C3. The molecule has 0 radical (unpaired) electrons. The predicted octanol–water partition coefficient (Wildman–Crippen LogP) is 2.39. The molecule has 0 N–H and O–H groups in total. The lowest BCUT2D eigenvalue weighted by Gasteiger charge is -2.52. The maximum atomic E-state index is 4.14. The second-order valence-corrected chi connectivity index (χ2v) is 4.23. The third kappa shape index (κ3) is 0.597. The summed E-state index contributed by atoms with van der Waals surface area (Å²) in [4.78, 5) is 4.14. The highest BCUT2D eigenvalue weighted by molar-refractivity contribution is 5.38. The first-order valence-electron chi connectivity index (χ1n) is 4.58. The molecule has 0 aliphatic heterocycles. The lowest BCUT2D eigenvalue weighted by atomic mass is 9.53. The Morgan fingerprint density at radius 1 is 1.18 bits per heavy atom. The van der Waals surface area contributed by atoms with Gasteiger partial charge in [0.2, 0.25) is 0 Å². The Morgan fingerprint density at radius 2 is 1.91 bits per heavy atom. The highest BCUT2D eigenvalue weighted by atomic mass is 14.8. The van der Waals surface area contributed by atoms with E-state index >= 15 is 0 Å². The zero-order valence-electron chi connectivity index (χ0n) is 6.71. The topological polar surface area (TPSA) is 12.4 Å². The van der Waals surface area contributed by atoms with Crippen LogP contribution in [0.2, 0.25) is 0 Å². The molecule has 5 aliphatic rings. The number of allylic oxidation sites excluding steroid dienone is 2. The van der Waals surface area contributed by atoms with Crippen molar-refractivity contribution in [3.63, 3.8) is 0 Å². The van der Waals surface area contributed by atoms with Gasteiger partial charge in [0.1, 0.15) is 0 Å². The molecular formula is C10H13N. The van der Waals surface area contributed by atoms with Crippen LogP contribution in [0.25, 0.3) is 0 Å². The second kappa shape index (κ2) is 1.77. The molecule has 0 aromatic rings. The van der Waals surface area contributed by atoms with E-state index in [0.29, 0.717) is 0 Å². The van der Waals surface area contributed by atoms with Crippen LogP contribution >= 0.6 is 0 Å². The number of rotatable bonds is 1. The first-order valence-corrected chi connectivity index (χ1v) is 4.58. The van der Waals surface area contributed by atoms with Crippen molar-refractivity contribution in [3.8, 4) is 0 Å². The van der Waals surface area contributed by atoms with Gasteiger partial charge in [0.05, 0.1) is 0 Å². The van der Waals surface area contributed by atoms with E-state index in [4.69, 9.17) is 0 Å². The van der Waals surface area contributed by atoms with E-state index in [0.717, 1.165) is 17.8 Å². The molecule has 58 valence electrons. The van der Waals surface area contributed by atoms with Crippen LogP contribution < -0.4 is 0 Å². The molecule has 0 amide bonds. The van der Waals surface area contributed by atoms with Gasteiger partial charge in [-0.3, -0.25) is 4.99 Å². The van der Waals surface area contributed by atoms with Gasteiger partial charge in [-0.25, -0.2) is 0 Å². The molecule has 0 spiro atoms. The van der Waals surface area contributed by atoms with Gasteiger partial charge in [0.15, 0.2) is 0 Å². The summed E-state index contributed by atoms with van der Waals surface area (Å²) >= 11 is 0. The number of hydrogen-bond acceptors (Lipinski definition) is 1. The van der Waals surface area contributed by atoms with Gasteiger partial charge in [-0.05, 0) is 55.7 Å². The minimum atomic E-state index is 0.938. The Kier molecular flexibility index (Phi) is 0.961. The molecule has 2 atom stereocenters. The molecule has 0 saturated heterocycles. The summed E-state index contributed by atoms with van der Waals surface area (Å²) in [5, 5.41) is 0. The minimum Gasteiger partial charge on any atom is -0.269 e. The lowest BCUT2D eigenvalue weighted by molar-refractivity contribution is 0.122. The first kappa shape index (κ1) is 5.99. The van der Waals surface area contributed by atoms with Gasteiger partial charge < -0.3 is 0 Å². The van der Waals surface area contributed by atoms with Crippen molar-refractivity contribution in [2.45, 2.75) is 25.7 Å². The number of hydrogen-bond donors (Lipinski definition) is 0. The third-order valence-electron chi connectivity index (χ3n) is 3.69. The van der Waals surface area contributed by atoms with Crippen LogP contribution in [0.3, 0.4) is 0 Å². The smallest absolute Gasteiger partial charge is 0.0396 e. The quantitative estimate of drug-likeness (QED) is 0.505. The number of fused-ring (bicyclic) bond motifs is 1. The van der Waals surface area contributed by atoms with E-state index in [-0.39, 0.29) is 0 Å². The molecule has 3 saturated carbocycles. The molecule has 4 bridgehead atoms. The number of nitrogens with zero attached hydrogens (tertiary/aromatic N) is 1. The normalized spacial score (nSPS) is 45.6. The highest BCUT2D eigenvalue weighted by Crippen LogP contribution is 2.59. The molecule has 1 nitrogen and oxygen atoms in total. The van der Waals surface area contributed by atoms with E-state index in [1.54, 1.807) is 5.57 Å². The van der Waals surface area contributed by atoms with Gasteiger partial charge in [-0.2, -0.15) is 0 Å². The van der Waals surface area contributed by atoms with Gasteiger partial charge in [0, 0.05) is 5.70 Å². The van der Waals surface area contributed by atoms with E-state index in [2.05, 4.69) is 11.7 Å². The van der Waals surface area contributed by atoms with E-state index in [9.17, 15) is 0 Å². The minimum absolute atomic E-state index is 0.938. The Hall–Kier alpha value is -0.590. The highest BCUT2D eigenvalue weighted by Gasteiger charge is 2.47. The van der Waals surface area contributed by atoms with E-state index in [1.165, 1.54) is 31.4 Å². The average Bonchev–Trinajstić information content (AvgIpc) is 2.03. The van der Waals surface area contributed by atoms with Gasteiger partial charge in [-0.15, -0.1) is 0 Å². The summed E-state index contributed by atoms with van der Waals surface area (Å²) in [7, 11) is 0. The summed E-state index contributed by atoms with van der Waals surface area (Å²) < 4.78 is 0. The molecule has 11 heavy (non-hydrogen) atoms. The van der Waals surface area contributed by atoms with Crippen molar-refractivity contribution < 1.29 is 0 Å². The lowest BCUT2D eigenvalue weighted by Crippen LogP contribution is -2.41. The largest absolute Gasteiger partial charge is 0.269 e. The number of aliphatic imine (C=N–C) groups is 1. The van der Waals surface area contributed by atoms with E-state index in [1.807, 2.05) is 0 Å². The van der Waals surface area contributed by atoms with Gasteiger partial charge in [0.25, 0.3) is 0 Å². The Balaban J connectivity index is 2.09. The molecule has 5 rings (SSSR count). The monoisotopic (exact) mass is 147 g/mol. The van der Waals surface area contributed by atoms with Crippen molar-refractivity contribution in [3.05, 3.63) is 11.3 Å². The maximum absolute atomic E-state index is 4.14. The molecule has 3 fully saturated rings. The summed E-state index contributed by atoms with van der Waals surface area (Å²) in [5.41, 5.74) is 3.07. The van der Waals surface area contributed by atoms with Crippen LogP contribution in [0.1, 0.15) is 25.7 Å². The molecule has 2 unspecified atom stereocenters. The van der Waals surface area contributed by atoms with Crippen molar-refractivity contribution in [1.82, 2.24) is 0 Å². The predicted molar refractivity (Wildman–Crippen MR) is 45.5 cm³/mol. The average molecular weight is 147 g/mol. The Bertz CT molecular complexity index is 238. The van der Waals surface area contributed by atoms with Crippen LogP contribution in [0.15, 0.2) is 16.3 Å². The van der Waals surface area contributed by atoms with E-state index < -0.39 is 0 Å². The van der Waals surface area contributed by atoms with Crippen molar-refractivity contribution >= 4 is 6.72 Å². The van der Waals surface area contributed by atoms with Crippen LogP contribution in [0.4, 0.5) is 0 Å². The summed E-state index contributed by atoms with van der Waals surface area (Å²) in [6, 6.07) is 0. The summed E-state index contributed by atoms with van der Waals surface area (Å²) in [6.07, 6.45) is 5.63. The third-order valence-corrected chi connectivity index (χ3v) is 3.69. The van der Waals surface area contributed by atoms with Crippen molar-refractivity contribution in [2.24, 2.45) is 22.7 Å². The van der Waals surface area contributed by atoms with Crippen LogP contribution in [-0.2, 0) is 0 Å². The maximum Gasteiger partial charge on any atom is 0.0396 e. The molecule has 5 aliphatic carbocycles. The van der Waals surface area contributed by atoms with Crippen LogP contribution in [0.5, 0.6) is 0 Å². The zero-order valence-corrected chi connectivity index (χ0v) is 6.71. The van der Waals surface area contributed by atoms with Crippen molar-refractivity contribution in [2.75, 3.05) is 0 Å². The van der Waals surface area contributed by atoms with Crippen LogP contribution in [0, 0.1) is 17.8 Å². The fraction of sp³-hybridized carbons (Fsp3) is 0.700. The van der Waals surface area contributed by atoms with Gasteiger partial charge >= 0.3 is 0 Å². The second-order valence-electron chi connectivity index (χ2n) is 4.23. The zero-order chi connectivity index (χ0) is 7.42. The molecule has 0 heterocycles. The fourth-order valence-corrected chi connectivity index (χ4v) is 3.30. The Morgan fingerprint density at radius 3 is 2.36 bits per heavy atom. The first-order chi connectivity index (χ1) is 5.38. The summed E-state index contributed by atoms with van der Waals surface area (Å²) in [5.74, 6) is 2.85. The Labute approximate surface area is 67.2 Å². The van der Waals surface area contributed by atoms with Crippen LogP contribution in [-0.4, -0.2) is 6.72 Å². The molecular weight excluding hydrogens is 134 g/mol. The van der Waals surface area contributed by atoms with Gasteiger partial charge in [-0.1, -0.05) is 0 Å². The standard InChI is InChI=1S/C10H13N/c1-11-9-4-6-2-7-5-8(3-6)10(7)9/h6-8H,1-5H2. The fourth-order valence-electron chi connectivity index (χ4n) is 3.30. The summed E-state index contributed by atoms with van der Waals surface area (Å²) in [6.45, 7) is 3.65. The molecule has 0 aromatic carbocycles.